The van der Waals surface area contributed by atoms with Crippen LogP contribution < -0.4 is 9.64 Å². The van der Waals surface area contributed by atoms with Crippen molar-refractivity contribution in [1.82, 2.24) is 24.8 Å². The molecule has 13 heteroatoms. The molecule has 1 amide bonds. The summed E-state index contributed by atoms with van der Waals surface area (Å²) in [6.07, 6.45) is 3.84. The molecule has 8 rings (SSSR count). The lowest BCUT2D eigenvalue weighted by molar-refractivity contribution is 0.0122. The monoisotopic (exact) mass is 676 g/mol. The van der Waals surface area contributed by atoms with E-state index in [1.165, 1.54) is 18.3 Å². The number of pyridine rings is 1. The number of phenolic OH excluding ortho intramolecular Hbond substituents is 1. The van der Waals surface area contributed by atoms with E-state index in [0.717, 1.165) is 32.2 Å². The van der Waals surface area contributed by atoms with Gasteiger partial charge in [-0.1, -0.05) is 24.3 Å². The molecule has 4 fully saturated rings. The minimum absolute atomic E-state index is 0.0455. The van der Waals surface area contributed by atoms with Gasteiger partial charge in [0, 0.05) is 43.2 Å². The highest BCUT2D eigenvalue weighted by Gasteiger charge is 2.50. The fraction of sp³-hybridized carbons (Fsp3) is 0.500. The number of ether oxygens (including phenoxy) is 2. The number of rotatable bonds is 5. The second-order valence-electron chi connectivity index (χ2n) is 14.9. The Morgan fingerprint density at radius 1 is 1.04 bits per heavy atom. The van der Waals surface area contributed by atoms with Gasteiger partial charge in [0.05, 0.1) is 23.0 Å². The van der Waals surface area contributed by atoms with E-state index in [1.807, 2.05) is 30.6 Å². The van der Waals surface area contributed by atoms with Crippen LogP contribution in [0.1, 0.15) is 52.9 Å². The van der Waals surface area contributed by atoms with Gasteiger partial charge in [-0.05, 0) is 64.5 Å². The second kappa shape index (κ2) is 11.6. The number of fused-ring (bicyclic) bond motifs is 5. The van der Waals surface area contributed by atoms with Gasteiger partial charge < -0.3 is 19.5 Å². The second-order valence-corrected chi connectivity index (χ2v) is 14.9. The Morgan fingerprint density at radius 2 is 1.78 bits per heavy atom. The summed E-state index contributed by atoms with van der Waals surface area (Å²) in [5.41, 5.74) is -1.05. The van der Waals surface area contributed by atoms with E-state index in [9.17, 15) is 18.7 Å². The number of carbonyl (C=O) groups is 1. The first-order chi connectivity index (χ1) is 23.4. The van der Waals surface area contributed by atoms with Gasteiger partial charge >= 0.3 is 12.1 Å². The van der Waals surface area contributed by atoms with E-state index in [4.69, 9.17) is 14.5 Å². The lowest BCUT2D eigenvalue weighted by Gasteiger charge is -2.42. The smallest absolute Gasteiger partial charge is 0.410 e. The van der Waals surface area contributed by atoms with Crippen LogP contribution in [0.5, 0.6) is 11.8 Å². The predicted octanol–water partition coefficient (Wildman–Crippen LogP) is 6.37. The van der Waals surface area contributed by atoms with Crippen LogP contribution in [0.2, 0.25) is 0 Å². The molecule has 4 aromatic rings. The highest BCUT2D eigenvalue weighted by Crippen LogP contribution is 2.42. The average Bonchev–Trinajstić information content (AvgIpc) is 3.68. The number of phenols is 1. The summed E-state index contributed by atoms with van der Waals surface area (Å²) in [6.45, 7) is 7.70. The Hall–Kier alpha value is -4.39. The van der Waals surface area contributed by atoms with Crippen molar-refractivity contribution in [3.8, 4) is 23.0 Å². The number of aromatic hydroxyl groups is 1. The number of amides is 1. The molecule has 2 aromatic carbocycles. The van der Waals surface area contributed by atoms with Crippen molar-refractivity contribution in [2.24, 2.45) is 0 Å². The maximum atomic E-state index is 16.8. The molecule has 0 radical (unpaired) electrons. The fourth-order valence-corrected chi connectivity index (χ4v) is 8.37. The zero-order chi connectivity index (χ0) is 34.2. The predicted molar refractivity (Wildman–Crippen MR) is 177 cm³/mol. The van der Waals surface area contributed by atoms with E-state index in [2.05, 4.69) is 14.9 Å². The number of hydrogen-bond donors (Lipinski definition) is 1. The van der Waals surface area contributed by atoms with Crippen molar-refractivity contribution in [3.05, 3.63) is 48.2 Å². The van der Waals surface area contributed by atoms with Crippen molar-refractivity contribution in [3.63, 3.8) is 0 Å². The Morgan fingerprint density at radius 3 is 2.51 bits per heavy atom. The third kappa shape index (κ3) is 5.46. The molecule has 258 valence electrons. The first-order valence-electron chi connectivity index (χ1n) is 17.0. The molecule has 0 aliphatic carbocycles. The molecule has 10 nitrogen and oxygen atoms in total. The number of carbonyl (C=O) groups excluding carboxylic acids is 1. The number of hydrogen-bond acceptors (Lipinski definition) is 9. The fourth-order valence-electron chi connectivity index (χ4n) is 8.37. The zero-order valence-corrected chi connectivity index (χ0v) is 27.8. The van der Waals surface area contributed by atoms with Crippen LogP contribution in [0.3, 0.4) is 0 Å². The third-order valence-corrected chi connectivity index (χ3v) is 10.5. The molecule has 4 atom stereocenters. The summed E-state index contributed by atoms with van der Waals surface area (Å²) >= 11 is 0. The van der Waals surface area contributed by atoms with Gasteiger partial charge in [-0.15, -0.1) is 0 Å². The first-order valence-corrected chi connectivity index (χ1v) is 17.0. The summed E-state index contributed by atoms with van der Waals surface area (Å²) in [7, 11) is 0. The van der Waals surface area contributed by atoms with E-state index in [0.29, 0.717) is 42.6 Å². The summed E-state index contributed by atoms with van der Waals surface area (Å²) in [4.78, 5) is 33.0. The van der Waals surface area contributed by atoms with Crippen molar-refractivity contribution in [2.75, 3.05) is 37.7 Å². The quantitative estimate of drug-likeness (QED) is 0.258. The highest BCUT2D eigenvalue weighted by molar-refractivity contribution is 6.00. The normalized spacial score (nSPS) is 25.4. The standard InChI is InChI=1S/C36H39F3N6O4/c1-35(2,3)49-34(47)45-21-9-10-22(45)18-43(17-21)32-26-15-40-30(25-13-27(46)28(38)24-8-5-4-7-23(24)25)29(39)31(26)41-33(42-32)48-19-36-11-6-12-44(36)16-20(37)14-36/h4-5,7-8,13,15,20-22,46H,6,9-12,14,16-19H2,1-3H3/t20-,21-,22+,36+/m1/s1. The van der Waals surface area contributed by atoms with Crippen molar-refractivity contribution < 1.29 is 32.5 Å². The molecule has 0 unspecified atom stereocenters. The zero-order valence-electron chi connectivity index (χ0n) is 27.8. The van der Waals surface area contributed by atoms with Crippen molar-refractivity contribution in [2.45, 2.75) is 82.3 Å². The molecule has 6 heterocycles. The van der Waals surface area contributed by atoms with Crippen LogP contribution in [0.25, 0.3) is 32.9 Å². The highest BCUT2D eigenvalue weighted by atomic mass is 19.1. The molecular weight excluding hydrogens is 637 g/mol. The minimum atomic E-state index is -0.943. The molecule has 0 saturated carbocycles. The van der Waals surface area contributed by atoms with Crippen LogP contribution in [-0.2, 0) is 4.74 Å². The molecule has 0 spiro atoms. The lowest BCUT2D eigenvalue weighted by atomic mass is 9.95. The molecule has 2 aromatic heterocycles. The van der Waals surface area contributed by atoms with Gasteiger partial charge in [-0.3, -0.25) is 14.8 Å². The maximum Gasteiger partial charge on any atom is 0.410 e. The largest absolute Gasteiger partial charge is 0.505 e. The number of alkyl halides is 1. The van der Waals surface area contributed by atoms with Crippen LogP contribution >= 0.6 is 0 Å². The number of anilines is 1. The maximum absolute atomic E-state index is 16.8. The summed E-state index contributed by atoms with van der Waals surface area (Å²) in [6, 6.07) is 7.35. The van der Waals surface area contributed by atoms with Gasteiger partial charge in [0.2, 0.25) is 0 Å². The Kier molecular flexibility index (Phi) is 7.54. The van der Waals surface area contributed by atoms with E-state index in [-0.39, 0.29) is 53.0 Å². The molecule has 4 aliphatic heterocycles. The summed E-state index contributed by atoms with van der Waals surface area (Å²) in [5.74, 6) is -1.78. The van der Waals surface area contributed by atoms with Crippen LogP contribution in [-0.4, -0.2) is 98.1 Å². The molecular formula is C36H39F3N6O4. The molecule has 2 bridgehead atoms. The van der Waals surface area contributed by atoms with Crippen molar-refractivity contribution >= 4 is 33.6 Å². The van der Waals surface area contributed by atoms with Gasteiger partial charge in [0.1, 0.15) is 35.4 Å². The molecule has 49 heavy (non-hydrogen) atoms. The van der Waals surface area contributed by atoms with E-state index in [1.54, 1.807) is 18.2 Å². The Labute approximate surface area is 281 Å². The van der Waals surface area contributed by atoms with Crippen LogP contribution in [0, 0.1) is 11.6 Å². The number of piperazine rings is 1. The summed E-state index contributed by atoms with van der Waals surface area (Å²) in [5, 5.41) is 11.3. The van der Waals surface area contributed by atoms with Crippen molar-refractivity contribution in [1.29, 1.82) is 0 Å². The molecule has 1 N–H and O–H groups in total. The molecule has 4 aliphatic rings. The van der Waals surface area contributed by atoms with Gasteiger partial charge in [0.15, 0.2) is 17.4 Å². The van der Waals surface area contributed by atoms with Gasteiger partial charge in [-0.2, -0.15) is 9.97 Å². The summed E-state index contributed by atoms with van der Waals surface area (Å²) < 4.78 is 58.2. The van der Waals surface area contributed by atoms with Crippen LogP contribution in [0.4, 0.5) is 23.8 Å². The first kappa shape index (κ1) is 31.9. The van der Waals surface area contributed by atoms with Gasteiger partial charge in [-0.25, -0.2) is 18.0 Å². The van der Waals surface area contributed by atoms with E-state index >= 15 is 4.39 Å². The van der Waals surface area contributed by atoms with Crippen LogP contribution in [0.15, 0.2) is 36.5 Å². The van der Waals surface area contributed by atoms with Gasteiger partial charge in [0.25, 0.3) is 0 Å². The number of halogens is 3. The van der Waals surface area contributed by atoms with E-state index < -0.39 is 34.7 Å². The topological polar surface area (TPSA) is 104 Å². The third-order valence-electron chi connectivity index (χ3n) is 10.5. The number of benzene rings is 2. The SMILES string of the molecule is CC(C)(C)OC(=O)N1[C@@H]2CC[C@H]1CN(c1nc(OC[C@@]34CCCN3C[C@H](F)C4)nc3c(F)c(-c4cc(O)c(F)c5ccccc45)ncc13)C2. The number of aromatic nitrogens is 3. The Balaban J connectivity index is 1.21. The molecule has 4 saturated heterocycles. The Bertz CT molecular complexity index is 1960. The average molecular weight is 677 g/mol. The number of nitrogens with zero attached hydrogens (tertiary/aromatic N) is 6. The minimum Gasteiger partial charge on any atom is -0.505 e. The lowest BCUT2D eigenvalue weighted by Crippen LogP contribution is -2.57.